The summed E-state index contributed by atoms with van der Waals surface area (Å²) in [6.45, 7) is 2.45. The summed E-state index contributed by atoms with van der Waals surface area (Å²) in [5, 5.41) is 6.41. The number of aromatic nitrogens is 3. The quantitative estimate of drug-likeness (QED) is 0.243. The first-order valence-electron chi connectivity index (χ1n) is 15.6. The average molecular weight is 694 g/mol. The summed E-state index contributed by atoms with van der Waals surface area (Å²) in [5.74, 6) is -7.09. The van der Waals surface area contributed by atoms with Gasteiger partial charge in [0.15, 0.2) is 18.2 Å². The fourth-order valence-corrected chi connectivity index (χ4v) is 6.52. The number of halogens is 3. The molecule has 15 heteroatoms. The van der Waals surface area contributed by atoms with E-state index in [2.05, 4.69) is 20.6 Å². The van der Waals surface area contributed by atoms with Crippen molar-refractivity contribution in [1.82, 2.24) is 24.8 Å². The first-order chi connectivity index (χ1) is 23.3. The Morgan fingerprint density at radius 3 is 2.47 bits per heavy atom. The van der Waals surface area contributed by atoms with Gasteiger partial charge in [-0.05, 0) is 42.3 Å². The van der Waals surface area contributed by atoms with Crippen molar-refractivity contribution in [2.45, 2.75) is 19.8 Å². The smallest absolute Gasteiger partial charge is 0.293 e. The highest BCUT2D eigenvalue weighted by Crippen LogP contribution is 2.43. The van der Waals surface area contributed by atoms with Gasteiger partial charge in [-0.1, -0.05) is 37.6 Å². The van der Waals surface area contributed by atoms with E-state index in [4.69, 9.17) is 16.3 Å². The molecule has 3 unspecified atom stereocenters. The third-order valence-electron chi connectivity index (χ3n) is 9.20. The molecule has 0 radical (unpaired) electrons. The number of carbonyl (C=O) groups is 3. The largest absolute Gasteiger partial charge is 0.478 e. The first kappa shape index (κ1) is 33.8. The predicted octanol–water partition coefficient (Wildman–Crippen LogP) is 4.49. The van der Waals surface area contributed by atoms with Crippen LogP contribution in [0.25, 0.3) is 10.9 Å². The molecule has 12 nitrogen and oxygen atoms in total. The first-order valence-corrected chi connectivity index (χ1v) is 16.0. The molecule has 0 aliphatic carbocycles. The van der Waals surface area contributed by atoms with E-state index in [9.17, 15) is 19.2 Å². The van der Waals surface area contributed by atoms with Crippen LogP contribution >= 0.6 is 11.6 Å². The number of likely N-dealkylation sites (N-methyl/N-ethyl adjacent to an activating group) is 1. The normalized spacial score (nSPS) is 19.2. The van der Waals surface area contributed by atoms with Crippen LogP contribution in [0.4, 0.5) is 26.2 Å². The van der Waals surface area contributed by atoms with Gasteiger partial charge in [0.25, 0.3) is 29.2 Å². The number of nitrogens with one attached hydrogen (secondary N) is 2. The van der Waals surface area contributed by atoms with E-state index < -0.39 is 41.0 Å². The van der Waals surface area contributed by atoms with E-state index in [1.165, 1.54) is 30.8 Å². The zero-order valence-electron chi connectivity index (χ0n) is 27.2. The van der Waals surface area contributed by atoms with Gasteiger partial charge in [-0.25, -0.2) is 13.8 Å². The number of imide groups is 1. The SMILES string of the molecule is CNC(=O)COc1cc2cc(Nc3nc(N4CC(C)C(F)(F)C(C(C)CN5C(=O)c6ccccc6C5=O)C4)ncc3Cl)ccc2n(C)c1=O. The summed E-state index contributed by atoms with van der Waals surface area (Å²) < 4.78 is 38.3. The standard InChI is InChI=1S/C34H34ClF2N7O5/c1-18(14-44-30(46)22-7-5-6-8-23(22)31(44)47)24-16-43(15-19(2)34(24,36)37)33-39-13-25(35)29(41-33)40-21-9-10-26-20(11-21)12-27(32(48)42(26)4)49-17-28(45)38-3/h5-13,18-19,24H,14-17H2,1-4H3,(H,38,45)(H,39,40,41). The van der Waals surface area contributed by atoms with Gasteiger partial charge in [-0.15, -0.1) is 0 Å². The Morgan fingerprint density at radius 2 is 1.80 bits per heavy atom. The van der Waals surface area contributed by atoms with Gasteiger partial charge in [-0.3, -0.25) is 24.1 Å². The summed E-state index contributed by atoms with van der Waals surface area (Å²) in [4.78, 5) is 62.0. The minimum Gasteiger partial charge on any atom is -0.478 e. The molecule has 4 aromatic rings. The highest BCUT2D eigenvalue weighted by molar-refractivity contribution is 6.33. The molecule has 256 valence electrons. The molecule has 3 atom stereocenters. The van der Waals surface area contributed by atoms with Crippen LogP contribution in [0.15, 0.2) is 59.5 Å². The number of benzene rings is 2. The number of pyridine rings is 1. The number of nitrogens with zero attached hydrogens (tertiary/aromatic N) is 5. The number of carbonyl (C=O) groups excluding carboxylic acids is 3. The second-order valence-corrected chi connectivity index (χ2v) is 12.8. The Balaban J connectivity index is 1.23. The Kier molecular flexibility index (Phi) is 9.01. The number of fused-ring (bicyclic) bond motifs is 2. The van der Waals surface area contributed by atoms with Crippen LogP contribution in [0.1, 0.15) is 34.6 Å². The zero-order valence-corrected chi connectivity index (χ0v) is 27.9. The van der Waals surface area contributed by atoms with Gasteiger partial charge in [0.1, 0.15) is 5.02 Å². The van der Waals surface area contributed by atoms with Gasteiger partial charge in [0.2, 0.25) is 5.95 Å². The Hall–Kier alpha value is -5.11. The van der Waals surface area contributed by atoms with E-state index in [1.54, 1.807) is 61.3 Å². The third-order valence-corrected chi connectivity index (χ3v) is 9.48. The number of alkyl halides is 2. The molecule has 2 N–H and O–H groups in total. The van der Waals surface area contributed by atoms with Gasteiger partial charge in [0.05, 0.1) is 22.8 Å². The molecule has 49 heavy (non-hydrogen) atoms. The summed E-state index contributed by atoms with van der Waals surface area (Å²) in [5.41, 5.74) is 1.30. The van der Waals surface area contributed by atoms with Crippen molar-refractivity contribution >= 4 is 57.7 Å². The van der Waals surface area contributed by atoms with Crippen molar-refractivity contribution in [2.75, 3.05) is 43.5 Å². The molecule has 6 rings (SSSR count). The summed E-state index contributed by atoms with van der Waals surface area (Å²) in [6.07, 6.45) is 1.39. The minimum atomic E-state index is -3.09. The molecule has 0 bridgehead atoms. The van der Waals surface area contributed by atoms with Crippen LogP contribution < -0.4 is 25.8 Å². The maximum Gasteiger partial charge on any atom is 0.293 e. The zero-order chi connectivity index (χ0) is 35.2. The molecule has 0 saturated carbocycles. The number of ether oxygens (including phenoxy) is 1. The van der Waals surface area contributed by atoms with Crippen molar-refractivity contribution in [1.29, 1.82) is 0 Å². The van der Waals surface area contributed by atoms with Gasteiger partial charge in [-0.2, -0.15) is 4.98 Å². The van der Waals surface area contributed by atoms with E-state index >= 15 is 8.78 Å². The lowest BCUT2D eigenvalue weighted by molar-refractivity contribution is -0.128. The number of amides is 3. The third kappa shape index (κ3) is 6.28. The minimum absolute atomic E-state index is 0.000841. The topological polar surface area (TPSA) is 139 Å². The van der Waals surface area contributed by atoms with Gasteiger partial charge in [0, 0.05) is 56.6 Å². The second kappa shape index (κ2) is 13.1. The number of rotatable bonds is 9. The molecule has 4 heterocycles. The molecule has 2 aromatic carbocycles. The van der Waals surface area contributed by atoms with Gasteiger partial charge < -0.3 is 24.8 Å². The van der Waals surface area contributed by atoms with Crippen LogP contribution in [0.3, 0.4) is 0 Å². The second-order valence-electron chi connectivity index (χ2n) is 12.4. The molecule has 2 aliphatic heterocycles. The Labute approximate surface area is 285 Å². The molecule has 3 amide bonds. The molecular weight excluding hydrogens is 660 g/mol. The highest BCUT2D eigenvalue weighted by Gasteiger charge is 2.53. The predicted molar refractivity (Wildman–Crippen MR) is 180 cm³/mol. The van der Waals surface area contributed by atoms with Crippen LogP contribution in [0.2, 0.25) is 5.02 Å². The van der Waals surface area contributed by atoms with Crippen LogP contribution in [0.5, 0.6) is 5.75 Å². The molecule has 2 aromatic heterocycles. The monoisotopic (exact) mass is 693 g/mol. The molecular formula is C34H34ClF2N7O5. The maximum absolute atomic E-state index is 15.7. The van der Waals surface area contributed by atoms with Crippen molar-refractivity contribution in [2.24, 2.45) is 24.8 Å². The lowest BCUT2D eigenvalue weighted by Gasteiger charge is -2.45. The van der Waals surface area contributed by atoms with Gasteiger partial charge >= 0.3 is 0 Å². The fraction of sp³-hybridized carbons (Fsp3) is 0.353. The van der Waals surface area contributed by atoms with Crippen LogP contribution in [-0.4, -0.2) is 76.4 Å². The number of anilines is 3. The van der Waals surface area contributed by atoms with E-state index in [1.807, 2.05) is 0 Å². The van der Waals surface area contributed by atoms with Crippen molar-refractivity contribution in [3.05, 3.63) is 81.2 Å². The molecule has 1 fully saturated rings. The van der Waals surface area contributed by atoms with E-state index in [-0.39, 0.29) is 65.8 Å². The molecule has 2 aliphatic rings. The summed E-state index contributed by atoms with van der Waals surface area (Å²) >= 11 is 6.47. The van der Waals surface area contributed by atoms with Crippen LogP contribution in [-0.2, 0) is 11.8 Å². The number of piperidine rings is 1. The van der Waals surface area contributed by atoms with E-state index in [0.29, 0.717) is 16.6 Å². The van der Waals surface area contributed by atoms with E-state index in [0.717, 1.165) is 4.90 Å². The fourth-order valence-electron chi connectivity index (χ4n) is 6.38. The molecule has 1 saturated heterocycles. The Bertz CT molecular complexity index is 2010. The molecule has 0 spiro atoms. The lowest BCUT2D eigenvalue weighted by atomic mass is 9.78. The summed E-state index contributed by atoms with van der Waals surface area (Å²) in [7, 11) is 3.06. The lowest BCUT2D eigenvalue weighted by Crippen LogP contribution is -2.56. The maximum atomic E-state index is 15.7. The average Bonchev–Trinajstić information content (AvgIpc) is 3.32. The van der Waals surface area contributed by atoms with Crippen LogP contribution in [0, 0.1) is 17.8 Å². The Morgan fingerprint density at radius 1 is 1.10 bits per heavy atom. The van der Waals surface area contributed by atoms with Crippen molar-refractivity contribution in [3.8, 4) is 5.75 Å². The highest BCUT2D eigenvalue weighted by atomic mass is 35.5. The van der Waals surface area contributed by atoms with Crippen molar-refractivity contribution in [3.63, 3.8) is 0 Å². The number of hydrogen-bond donors (Lipinski definition) is 2. The number of hydrogen-bond acceptors (Lipinski definition) is 9. The summed E-state index contributed by atoms with van der Waals surface area (Å²) in [6, 6.07) is 13.2. The van der Waals surface area contributed by atoms with Crippen molar-refractivity contribution < 1.29 is 27.9 Å². The number of aryl methyl sites for hydroxylation is 1.